The van der Waals surface area contributed by atoms with Crippen LogP contribution in [-0.2, 0) is 11.3 Å². The summed E-state index contributed by atoms with van der Waals surface area (Å²) in [5.41, 5.74) is 0.880. The third-order valence-electron chi connectivity index (χ3n) is 4.39. The molecule has 10 heteroatoms. The van der Waals surface area contributed by atoms with Gasteiger partial charge in [0.25, 0.3) is 0 Å². The molecule has 0 bridgehead atoms. The second kappa shape index (κ2) is 8.28. The predicted molar refractivity (Wildman–Crippen MR) is 89.2 cm³/mol. The maximum atomic E-state index is 12.1. The number of carbonyl (C=O) groups excluding carboxylic acids is 1. The Hall–Kier alpha value is -3.17. The Balaban J connectivity index is 1.56. The highest BCUT2D eigenvalue weighted by atomic mass is 16.5. The third-order valence-corrected chi connectivity index (χ3v) is 4.39. The van der Waals surface area contributed by atoms with Crippen molar-refractivity contribution >= 4 is 12.2 Å². The van der Waals surface area contributed by atoms with Gasteiger partial charge in [0.05, 0.1) is 18.1 Å². The topological polar surface area (TPSA) is 131 Å². The number of nitrogens with zero attached hydrogens (tertiary/aromatic N) is 4. The summed E-state index contributed by atoms with van der Waals surface area (Å²) in [7, 11) is 0. The van der Waals surface area contributed by atoms with E-state index in [0.717, 1.165) is 5.56 Å². The van der Waals surface area contributed by atoms with E-state index in [0.29, 0.717) is 19.3 Å². The number of hydrogen-bond donors (Lipinski definition) is 3. The summed E-state index contributed by atoms with van der Waals surface area (Å²) in [4.78, 5) is 23.2. The van der Waals surface area contributed by atoms with E-state index in [1.165, 1.54) is 6.33 Å². The zero-order valence-corrected chi connectivity index (χ0v) is 14.0. The molecule has 1 fully saturated rings. The normalized spacial score (nSPS) is 22.4. The first-order valence-electron chi connectivity index (χ1n) is 8.31. The van der Waals surface area contributed by atoms with Gasteiger partial charge >= 0.3 is 12.2 Å². The highest BCUT2D eigenvalue weighted by Gasteiger charge is 2.34. The Morgan fingerprint density at radius 1 is 1.19 bits per heavy atom. The van der Waals surface area contributed by atoms with E-state index >= 15 is 0 Å². The molecule has 10 nitrogen and oxygen atoms in total. The zero-order valence-electron chi connectivity index (χ0n) is 14.0. The molecule has 0 saturated heterocycles. The average Bonchev–Trinajstić information content (AvgIpc) is 3.16. The van der Waals surface area contributed by atoms with Crippen molar-refractivity contribution in [1.82, 2.24) is 30.8 Å². The summed E-state index contributed by atoms with van der Waals surface area (Å²) in [6, 6.07) is 8.49. The second-order valence-corrected chi connectivity index (χ2v) is 6.13. The fourth-order valence-electron chi connectivity index (χ4n) is 3.13. The minimum Gasteiger partial charge on any atom is -0.465 e. The van der Waals surface area contributed by atoms with Crippen molar-refractivity contribution in [2.45, 2.75) is 44.0 Å². The molecule has 3 N–H and O–H groups in total. The summed E-state index contributed by atoms with van der Waals surface area (Å²) in [5.74, 6) is 0. The molecule has 2 aromatic rings. The van der Waals surface area contributed by atoms with Crippen LogP contribution in [0.15, 0.2) is 36.7 Å². The minimum atomic E-state index is -1.14. The van der Waals surface area contributed by atoms with Gasteiger partial charge in [0, 0.05) is 0 Å². The van der Waals surface area contributed by atoms with Gasteiger partial charge in [-0.25, -0.2) is 14.3 Å². The maximum Gasteiger partial charge on any atom is 0.407 e. The second-order valence-electron chi connectivity index (χ2n) is 6.13. The molecule has 1 saturated carbocycles. The number of rotatable bonds is 5. The van der Waals surface area contributed by atoms with Gasteiger partial charge in [-0.1, -0.05) is 30.3 Å². The SMILES string of the molecule is O=C(O)N[C@@H]1C[C@@H](n2cnnn2)CC[C@@H]1NC(=O)OCc1ccccc1. The highest BCUT2D eigenvalue weighted by Crippen LogP contribution is 2.28. The highest BCUT2D eigenvalue weighted by molar-refractivity contribution is 5.68. The fourth-order valence-corrected chi connectivity index (χ4v) is 3.13. The molecule has 26 heavy (non-hydrogen) atoms. The minimum absolute atomic E-state index is 0.0276. The Kier molecular flexibility index (Phi) is 5.62. The molecule has 0 radical (unpaired) electrons. The predicted octanol–water partition coefficient (Wildman–Crippen LogP) is 1.33. The summed E-state index contributed by atoms with van der Waals surface area (Å²) >= 11 is 0. The maximum absolute atomic E-state index is 12.1. The van der Waals surface area contributed by atoms with Crippen molar-refractivity contribution in [3.8, 4) is 0 Å². The smallest absolute Gasteiger partial charge is 0.407 e. The van der Waals surface area contributed by atoms with Crippen LogP contribution in [0.2, 0.25) is 0 Å². The first-order chi connectivity index (χ1) is 12.6. The molecule has 1 aromatic heterocycles. The van der Waals surface area contributed by atoms with Crippen molar-refractivity contribution in [1.29, 1.82) is 0 Å². The zero-order chi connectivity index (χ0) is 18.4. The number of ether oxygens (including phenoxy) is 1. The van der Waals surface area contributed by atoms with Crippen molar-refractivity contribution in [3.63, 3.8) is 0 Å². The molecular weight excluding hydrogens is 340 g/mol. The van der Waals surface area contributed by atoms with E-state index in [9.17, 15) is 9.59 Å². The van der Waals surface area contributed by atoms with Crippen LogP contribution in [0.5, 0.6) is 0 Å². The van der Waals surface area contributed by atoms with Gasteiger partial charge in [0.15, 0.2) is 0 Å². The van der Waals surface area contributed by atoms with Gasteiger partial charge in [-0.05, 0) is 35.3 Å². The lowest BCUT2D eigenvalue weighted by molar-refractivity contribution is 0.123. The Bertz CT molecular complexity index is 724. The van der Waals surface area contributed by atoms with E-state index in [1.807, 2.05) is 30.3 Å². The van der Waals surface area contributed by atoms with Crippen LogP contribution in [0.3, 0.4) is 0 Å². The number of amides is 2. The molecule has 1 heterocycles. The lowest BCUT2D eigenvalue weighted by Crippen LogP contribution is -2.54. The van der Waals surface area contributed by atoms with Crippen LogP contribution in [0.25, 0.3) is 0 Å². The fraction of sp³-hybridized carbons (Fsp3) is 0.438. The van der Waals surface area contributed by atoms with Crippen molar-refractivity contribution in [2.75, 3.05) is 0 Å². The summed E-state index contributed by atoms with van der Waals surface area (Å²) < 4.78 is 6.83. The number of aromatic nitrogens is 4. The van der Waals surface area contributed by atoms with E-state index in [-0.39, 0.29) is 18.7 Å². The molecule has 2 amide bonds. The quantitative estimate of drug-likeness (QED) is 0.733. The monoisotopic (exact) mass is 360 g/mol. The van der Waals surface area contributed by atoms with Crippen LogP contribution < -0.4 is 10.6 Å². The van der Waals surface area contributed by atoms with E-state index in [1.54, 1.807) is 4.68 Å². The number of carboxylic acid groups (broad SMARTS) is 1. The third kappa shape index (κ3) is 4.68. The van der Waals surface area contributed by atoms with Gasteiger partial charge in [0.1, 0.15) is 12.9 Å². The first-order valence-corrected chi connectivity index (χ1v) is 8.31. The van der Waals surface area contributed by atoms with E-state index in [4.69, 9.17) is 9.84 Å². The van der Waals surface area contributed by atoms with Gasteiger partial charge in [0.2, 0.25) is 0 Å². The van der Waals surface area contributed by atoms with Crippen molar-refractivity contribution < 1.29 is 19.4 Å². The molecule has 3 atom stereocenters. The Morgan fingerprint density at radius 3 is 2.69 bits per heavy atom. The van der Waals surface area contributed by atoms with Crippen molar-refractivity contribution in [3.05, 3.63) is 42.2 Å². The molecule has 3 rings (SSSR count). The molecular formula is C16H20N6O4. The largest absolute Gasteiger partial charge is 0.465 e. The molecule has 0 unspecified atom stereocenters. The van der Waals surface area contributed by atoms with E-state index < -0.39 is 18.2 Å². The molecule has 138 valence electrons. The number of nitrogens with one attached hydrogen (secondary N) is 2. The summed E-state index contributed by atoms with van der Waals surface area (Å²) in [6.07, 6.45) is 1.56. The van der Waals surface area contributed by atoms with Crippen LogP contribution in [0.1, 0.15) is 30.9 Å². The van der Waals surface area contributed by atoms with Gasteiger partial charge in [-0.3, -0.25) is 0 Å². The number of alkyl carbamates (subject to hydrolysis) is 1. The van der Waals surface area contributed by atoms with Gasteiger partial charge < -0.3 is 20.5 Å². The Labute approximate surface area is 149 Å². The number of carbonyl (C=O) groups is 2. The number of tetrazole rings is 1. The lowest BCUT2D eigenvalue weighted by atomic mass is 9.87. The van der Waals surface area contributed by atoms with Crippen LogP contribution in [0.4, 0.5) is 9.59 Å². The van der Waals surface area contributed by atoms with Crippen molar-refractivity contribution in [2.24, 2.45) is 0 Å². The molecule has 0 spiro atoms. The lowest BCUT2D eigenvalue weighted by Gasteiger charge is -2.35. The molecule has 1 aliphatic rings. The van der Waals surface area contributed by atoms with E-state index in [2.05, 4.69) is 26.2 Å². The molecule has 0 aliphatic heterocycles. The van der Waals surface area contributed by atoms with Gasteiger partial charge in [-0.15, -0.1) is 5.10 Å². The summed E-state index contributed by atoms with van der Waals surface area (Å²) in [6.45, 7) is 0.156. The number of benzene rings is 1. The first kappa shape index (κ1) is 17.6. The number of hydrogen-bond acceptors (Lipinski definition) is 6. The van der Waals surface area contributed by atoms with Crippen LogP contribution >= 0.6 is 0 Å². The standard InChI is InChI=1S/C16H20N6O4/c23-15(24)18-14-8-12(22-10-17-20-21-22)6-7-13(14)19-16(25)26-9-11-4-2-1-3-5-11/h1-5,10,12-14,18H,6-9H2,(H,19,25)(H,23,24)/t12-,13-,14+/m0/s1. The Morgan fingerprint density at radius 2 is 2.00 bits per heavy atom. The van der Waals surface area contributed by atoms with Crippen LogP contribution in [0, 0.1) is 0 Å². The average molecular weight is 360 g/mol. The molecule has 1 aromatic carbocycles. The summed E-state index contributed by atoms with van der Waals surface area (Å²) in [5, 5.41) is 25.4. The van der Waals surface area contributed by atoms with Gasteiger partial charge in [-0.2, -0.15) is 0 Å². The molecule has 1 aliphatic carbocycles. The van der Waals surface area contributed by atoms with Crippen LogP contribution in [-0.4, -0.2) is 49.6 Å².